The fourth-order valence-corrected chi connectivity index (χ4v) is 4.54. The number of morpholine rings is 1. The summed E-state index contributed by atoms with van der Waals surface area (Å²) >= 11 is 0. The van der Waals surface area contributed by atoms with Crippen LogP contribution < -0.4 is 0 Å². The van der Waals surface area contributed by atoms with E-state index in [2.05, 4.69) is 0 Å². The molecule has 5 nitrogen and oxygen atoms in total. The van der Waals surface area contributed by atoms with Gasteiger partial charge in [-0.2, -0.15) is 4.31 Å². The minimum atomic E-state index is -3.42. The van der Waals surface area contributed by atoms with Gasteiger partial charge in [0.1, 0.15) is 0 Å². The fourth-order valence-electron chi connectivity index (χ4n) is 3.03. The number of ether oxygens (including phenoxy) is 1. The molecular formula is C15H21NO4S. The number of hydrogen-bond donors (Lipinski definition) is 1. The molecule has 2 bridgehead atoms. The van der Waals surface area contributed by atoms with E-state index in [9.17, 15) is 8.42 Å². The lowest BCUT2D eigenvalue weighted by atomic mass is 10.1. The van der Waals surface area contributed by atoms with Gasteiger partial charge in [0.05, 0.1) is 17.1 Å². The molecule has 1 aromatic rings. The highest BCUT2D eigenvalue weighted by Crippen LogP contribution is 2.29. The molecule has 2 fully saturated rings. The second-order valence-electron chi connectivity index (χ2n) is 5.75. The summed E-state index contributed by atoms with van der Waals surface area (Å²) in [7, 11) is -3.42. The van der Waals surface area contributed by atoms with Crippen LogP contribution in [0.2, 0.25) is 0 Å². The third-order valence-corrected chi connectivity index (χ3v) is 6.04. The third-order valence-electron chi connectivity index (χ3n) is 4.19. The number of aryl methyl sites for hydroxylation is 1. The Morgan fingerprint density at radius 2 is 1.76 bits per heavy atom. The maximum atomic E-state index is 12.7. The van der Waals surface area contributed by atoms with Gasteiger partial charge in [-0.05, 0) is 43.4 Å². The largest absolute Gasteiger partial charge is 0.396 e. The predicted octanol–water partition coefficient (Wildman–Crippen LogP) is 1.16. The first-order valence-electron chi connectivity index (χ1n) is 7.45. The third kappa shape index (κ3) is 3.13. The monoisotopic (exact) mass is 311 g/mol. The molecule has 0 amide bonds. The van der Waals surface area contributed by atoms with E-state index in [0.717, 1.165) is 24.8 Å². The summed E-state index contributed by atoms with van der Waals surface area (Å²) in [4.78, 5) is 0.344. The number of benzene rings is 1. The van der Waals surface area contributed by atoms with Crippen LogP contribution in [0.15, 0.2) is 29.2 Å². The van der Waals surface area contributed by atoms with E-state index >= 15 is 0 Å². The lowest BCUT2D eigenvalue weighted by molar-refractivity contribution is -0.0114. The van der Waals surface area contributed by atoms with Crippen molar-refractivity contribution < 1.29 is 18.3 Å². The number of aliphatic hydroxyl groups excluding tert-OH is 1. The van der Waals surface area contributed by atoms with Crippen LogP contribution in [0.5, 0.6) is 0 Å². The smallest absolute Gasteiger partial charge is 0.243 e. The average Bonchev–Trinajstić information content (AvgIpc) is 2.83. The summed E-state index contributed by atoms with van der Waals surface area (Å²) in [6, 6.07) is 6.99. The van der Waals surface area contributed by atoms with Crippen LogP contribution in [-0.4, -0.2) is 49.7 Å². The van der Waals surface area contributed by atoms with Crippen molar-refractivity contribution in [2.75, 3.05) is 19.7 Å². The number of aliphatic hydroxyl groups is 1. The summed E-state index contributed by atoms with van der Waals surface area (Å²) in [5, 5.41) is 8.82. The number of fused-ring (bicyclic) bond motifs is 2. The Bertz CT molecular complexity index is 572. The molecule has 2 saturated heterocycles. The Kier molecular flexibility index (Phi) is 4.31. The zero-order chi connectivity index (χ0) is 14.9. The summed E-state index contributed by atoms with van der Waals surface area (Å²) in [6.45, 7) is 1.08. The van der Waals surface area contributed by atoms with E-state index in [1.165, 1.54) is 0 Å². The van der Waals surface area contributed by atoms with Crippen molar-refractivity contribution in [3.05, 3.63) is 29.8 Å². The van der Waals surface area contributed by atoms with Crippen LogP contribution in [0.4, 0.5) is 0 Å². The van der Waals surface area contributed by atoms with Crippen molar-refractivity contribution in [1.82, 2.24) is 4.31 Å². The molecule has 2 aliphatic heterocycles. The van der Waals surface area contributed by atoms with E-state index in [1.54, 1.807) is 16.4 Å². The van der Waals surface area contributed by atoms with Crippen LogP contribution in [-0.2, 0) is 21.2 Å². The van der Waals surface area contributed by atoms with Crippen molar-refractivity contribution in [2.45, 2.75) is 42.8 Å². The van der Waals surface area contributed by atoms with Gasteiger partial charge < -0.3 is 9.84 Å². The van der Waals surface area contributed by atoms with E-state index < -0.39 is 10.0 Å². The lowest BCUT2D eigenvalue weighted by Crippen LogP contribution is -2.45. The van der Waals surface area contributed by atoms with E-state index in [-0.39, 0.29) is 18.8 Å². The van der Waals surface area contributed by atoms with Crippen molar-refractivity contribution in [2.24, 2.45) is 0 Å². The Labute approximate surface area is 125 Å². The molecule has 3 rings (SSSR count). The van der Waals surface area contributed by atoms with E-state index in [4.69, 9.17) is 9.84 Å². The number of rotatable bonds is 5. The molecule has 2 heterocycles. The zero-order valence-electron chi connectivity index (χ0n) is 11.9. The minimum Gasteiger partial charge on any atom is -0.396 e. The Morgan fingerprint density at radius 1 is 1.14 bits per heavy atom. The van der Waals surface area contributed by atoms with Gasteiger partial charge in [0.25, 0.3) is 0 Å². The molecule has 21 heavy (non-hydrogen) atoms. The summed E-state index contributed by atoms with van der Waals surface area (Å²) in [5.74, 6) is 0. The molecule has 116 valence electrons. The van der Waals surface area contributed by atoms with Crippen LogP contribution >= 0.6 is 0 Å². The number of sulfonamides is 1. The maximum Gasteiger partial charge on any atom is 0.243 e. The second kappa shape index (κ2) is 6.04. The molecule has 2 unspecified atom stereocenters. The van der Waals surface area contributed by atoms with Crippen LogP contribution in [0.25, 0.3) is 0 Å². The maximum absolute atomic E-state index is 12.7. The fraction of sp³-hybridized carbons (Fsp3) is 0.600. The van der Waals surface area contributed by atoms with Crippen LogP contribution in [0, 0.1) is 0 Å². The molecular weight excluding hydrogens is 290 g/mol. The molecule has 1 aromatic carbocycles. The summed E-state index contributed by atoms with van der Waals surface area (Å²) < 4.78 is 32.6. The minimum absolute atomic E-state index is 0.0577. The van der Waals surface area contributed by atoms with Gasteiger partial charge in [-0.15, -0.1) is 0 Å². The summed E-state index contributed by atoms with van der Waals surface area (Å²) in [6.07, 6.45) is 3.48. The first kappa shape index (κ1) is 15.0. The topological polar surface area (TPSA) is 66.8 Å². The van der Waals surface area contributed by atoms with Crippen molar-refractivity contribution in [3.63, 3.8) is 0 Å². The molecule has 1 N–H and O–H groups in total. The molecule has 2 atom stereocenters. The van der Waals surface area contributed by atoms with Crippen LogP contribution in [0.3, 0.4) is 0 Å². The van der Waals surface area contributed by atoms with E-state index in [0.29, 0.717) is 24.4 Å². The Morgan fingerprint density at radius 3 is 2.33 bits per heavy atom. The first-order chi connectivity index (χ1) is 10.1. The van der Waals surface area contributed by atoms with E-state index in [1.807, 2.05) is 12.1 Å². The highest BCUT2D eigenvalue weighted by Gasteiger charge is 2.39. The lowest BCUT2D eigenvalue weighted by Gasteiger charge is -2.31. The van der Waals surface area contributed by atoms with Gasteiger partial charge in [0.15, 0.2) is 0 Å². The highest BCUT2D eigenvalue weighted by molar-refractivity contribution is 7.89. The van der Waals surface area contributed by atoms with Crippen molar-refractivity contribution >= 4 is 10.0 Å². The number of hydrogen-bond acceptors (Lipinski definition) is 4. The summed E-state index contributed by atoms with van der Waals surface area (Å²) in [5.41, 5.74) is 1.05. The normalized spacial score (nSPS) is 26.1. The van der Waals surface area contributed by atoms with Gasteiger partial charge in [-0.1, -0.05) is 12.1 Å². The quantitative estimate of drug-likeness (QED) is 0.886. The first-order valence-corrected chi connectivity index (χ1v) is 8.89. The highest BCUT2D eigenvalue weighted by atomic mass is 32.2. The Hall–Kier alpha value is -0.950. The van der Waals surface area contributed by atoms with Gasteiger partial charge in [-0.25, -0.2) is 8.42 Å². The molecule has 6 heteroatoms. The van der Waals surface area contributed by atoms with Gasteiger partial charge in [0, 0.05) is 19.7 Å². The molecule has 0 aromatic heterocycles. The van der Waals surface area contributed by atoms with Crippen molar-refractivity contribution in [1.29, 1.82) is 0 Å². The zero-order valence-corrected chi connectivity index (χ0v) is 12.8. The second-order valence-corrected chi connectivity index (χ2v) is 7.69. The molecule has 0 radical (unpaired) electrons. The van der Waals surface area contributed by atoms with Gasteiger partial charge in [-0.3, -0.25) is 0 Å². The van der Waals surface area contributed by atoms with Gasteiger partial charge >= 0.3 is 0 Å². The molecule has 0 aliphatic carbocycles. The number of nitrogens with zero attached hydrogens (tertiary/aromatic N) is 1. The molecule has 0 saturated carbocycles. The van der Waals surface area contributed by atoms with Gasteiger partial charge in [0.2, 0.25) is 10.0 Å². The van der Waals surface area contributed by atoms with Crippen molar-refractivity contribution in [3.8, 4) is 0 Å². The average molecular weight is 311 g/mol. The standard InChI is InChI=1S/C15H21NO4S/c17-9-1-2-12-3-7-15(8-4-12)21(18,19)16-10-13-5-6-14(11-16)20-13/h3-4,7-8,13-14,17H,1-2,5-6,9-11H2. The molecule has 0 spiro atoms. The predicted molar refractivity (Wildman–Crippen MR) is 78.5 cm³/mol. The Balaban J connectivity index is 1.75. The van der Waals surface area contributed by atoms with Crippen LogP contribution in [0.1, 0.15) is 24.8 Å². The molecule has 2 aliphatic rings. The SMILES string of the molecule is O=S(=O)(c1ccc(CCCO)cc1)N1CC2CCC(C1)O2.